The molecule has 0 aliphatic carbocycles. The predicted octanol–water partition coefficient (Wildman–Crippen LogP) is 1.49. The summed E-state index contributed by atoms with van der Waals surface area (Å²) in [6.45, 7) is 0.527. The molecule has 0 spiro atoms. The lowest BCUT2D eigenvalue weighted by molar-refractivity contribution is 0.629. The van der Waals surface area contributed by atoms with E-state index >= 15 is 0 Å². The van der Waals surface area contributed by atoms with Gasteiger partial charge in [-0.15, -0.1) is 10.2 Å². The Morgan fingerprint density at radius 3 is 2.89 bits per heavy atom. The fraction of sp³-hybridized carbons (Fsp3) is 0.182. The number of aromatic nitrogens is 4. The van der Waals surface area contributed by atoms with Gasteiger partial charge in [0, 0.05) is 6.42 Å². The Bertz CT molecular complexity index is 690. The number of hydrogen-bond acceptors (Lipinski definition) is 5. The van der Waals surface area contributed by atoms with Crippen LogP contribution in [0.3, 0.4) is 0 Å². The van der Waals surface area contributed by atoms with Crippen LogP contribution in [0.1, 0.15) is 5.01 Å². The minimum atomic E-state index is -0.333. The van der Waals surface area contributed by atoms with Crippen molar-refractivity contribution in [2.75, 3.05) is 6.54 Å². The van der Waals surface area contributed by atoms with Crippen LogP contribution >= 0.6 is 11.3 Å². The molecule has 1 aromatic carbocycles. The van der Waals surface area contributed by atoms with Crippen LogP contribution in [0.4, 0.5) is 4.39 Å². The highest BCUT2D eigenvalue weighted by atomic mass is 32.1. The topological polar surface area (TPSA) is 69.1 Å². The van der Waals surface area contributed by atoms with Crippen molar-refractivity contribution in [3.05, 3.63) is 35.1 Å². The first-order valence-electron chi connectivity index (χ1n) is 5.45. The predicted molar refractivity (Wildman–Crippen MR) is 66.8 cm³/mol. The maximum atomic E-state index is 13.7. The Balaban J connectivity index is 2.15. The maximum absolute atomic E-state index is 13.7. The molecular formula is C11H10FN5S. The Labute approximate surface area is 106 Å². The summed E-state index contributed by atoms with van der Waals surface area (Å²) in [5, 5.41) is 13.2. The third kappa shape index (κ3) is 1.77. The van der Waals surface area contributed by atoms with Crippen LogP contribution in [0.15, 0.2) is 24.3 Å². The van der Waals surface area contributed by atoms with E-state index in [-0.39, 0.29) is 5.82 Å². The average molecular weight is 263 g/mol. The third-order valence-electron chi connectivity index (χ3n) is 2.51. The molecule has 0 unspecified atom stereocenters. The molecule has 7 heteroatoms. The highest BCUT2D eigenvalue weighted by molar-refractivity contribution is 7.16. The summed E-state index contributed by atoms with van der Waals surface area (Å²) in [6, 6.07) is 6.45. The van der Waals surface area contributed by atoms with E-state index in [0.717, 1.165) is 5.01 Å². The Morgan fingerprint density at radius 2 is 2.11 bits per heavy atom. The van der Waals surface area contributed by atoms with Gasteiger partial charge in [-0.05, 0) is 18.7 Å². The summed E-state index contributed by atoms with van der Waals surface area (Å²) < 4.78 is 15.3. The standard InChI is InChI=1S/C11H10FN5S/c12-8-4-2-1-3-7(8)10-14-15-11-17(10)16-9(18-11)5-6-13/h1-4H,5-6,13H2. The van der Waals surface area contributed by atoms with E-state index in [1.165, 1.54) is 17.4 Å². The lowest BCUT2D eigenvalue weighted by Crippen LogP contribution is -2.03. The molecule has 0 aliphatic rings. The van der Waals surface area contributed by atoms with E-state index in [1.54, 1.807) is 22.7 Å². The minimum Gasteiger partial charge on any atom is -0.330 e. The van der Waals surface area contributed by atoms with E-state index in [1.807, 2.05) is 0 Å². The van der Waals surface area contributed by atoms with Crippen LogP contribution in [-0.2, 0) is 6.42 Å². The van der Waals surface area contributed by atoms with E-state index in [9.17, 15) is 4.39 Å². The zero-order valence-corrected chi connectivity index (χ0v) is 10.2. The van der Waals surface area contributed by atoms with Crippen molar-refractivity contribution < 1.29 is 4.39 Å². The molecule has 3 aromatic rings. The summed E-state index contributed by atoms with van der Waals surface area (Å²) >= 11 is 1.42. The second-order valence-electron chi connectivity index (χ2n) is 3.73. The van der Waals surface area contributed by atoms with Gasteiger partial charge in [0.25, 0.3) is 0 Å². The van der Waals surface area contributed by atoms with Crippen LogP contribution in [0.2, 0.25) is 0 Å². The SMILES string of the molecule is NCCc1nn2c(-c3ccccc3F)nnc2s1. The molecule has 2 N–H and O–H groups in total. The molecule has 0 fully saturated rings. The molecule has 2 heterocycles. The molecule has 5 nitrogen and oxygen atoms in total. The molecule has 0 atom stereocenters. The molecule has 0 saturated carbocycles. The van der Waals surface area contributed by atoms with Gasteiger partial charge in [0.1, 0.15) is 10.8 Å². The molecule has 0 amide bonds. The minimum absolute atomic E-state index is 0.333. The van der Waals surface area contributed by atoms with Gasteiger partial charge in [-0.25, -0.2) is 4.39 Å². The van der Waals surface area contributed by atoms with Gasteiger partial charge >= 0.3 is 0 Å². The zero-order chi connectivity index (χ0) is 12.5. The molecule has 92 valence electrons. The number of halogens is 1. The summed E-state index contributed by atoms with van der Waals surface area (Å²) in [6.07, 6.45) is 0.685. The summed E-state index contributed by atoms with van der Waals surface area (Å²) in [5.74, 6) is 0.0859. The van der Waals surface area contributed by atoms with Crippen LogP contribution in [0.25, 0.3) is 16.3 Å². The summed E-state index contributed by atoms with van der Waals surface area (Å²) in [7, 11) is 0. The molecule has 3 rings (SSSR count). The largest absolute Gasteiger partial charge is 0.330 e. The normalized spacial score (nSPS) is 11.2. The number of rotatable bonds is 3. The van der Waals surface area contributed by atoms with Crippen molar-refractivity contribution in [3.8, 4) is 11.4 Å². The van der Waals surface area contributed by atoms with Gasteiger partial charge in [0.2, 0.25) is 4.96 Å². The first-order chi connectivity index (χ1) is 8.79. The monoisotopic (exact) mass is 263 g/mol. The van der Waals surface area contributed by atoms with Crippen molar-refractivity contribution in [1.29, 1.82) is 0 Å². The Hall–Kier alpha value is -1.86. The number of nitrogens with two attached hydrogens (primary N) is 1. The molecule has 0 saturated heterocycles. The highest BCUT2D eigenvalue weighted by Crippen LogP contribution is 2.23. The van der Waals surface area contributed by atoms with Crippen molar-refractivity contribution >= 4 is 16.3 Å². The van der Waals surface area contributed by atoms with Gasteiger partial charge in [0.05, 0.1) is 5.56 Å². The van der Waals surface area contributed by atoms with Crippen molar-refractivity contribution in [2.45, 2.75) is 6.42 Å². The Morgan fingerprint density at radius 1 is 1.28 bits per heavy atom. The molecule has 2 aromatic heterocycles. The summed E-state index contributed by atoms with van der Waals surface area (Å²) in [4.78, 5) is 0.650. The second kappa shape index (κ2) is 4.43. The van der Waals surface area contributed by atoms with Crippen LogP contribution < -0.4 is 5.73 Å². The first kappa shape index (κ1) is 11.2. The molecule has 18 heavy (non-hydrogen) atoms. The van der Waals surface area contributed by atoms with E-state index < -0.39 is 0 Å². The van der Waals surface area contributed by atoms with Gasteiger partial charge in [-0.1, -0.05) is 23.5 Å². The van der Waals surface area contributed by atoms with Gasteiger partial charge in [0.15, 0.2) is 5.82 Å². The molecule has 0 aliphatic heterocycles. The van der Waals surface area contributed by atoms with Crippen LogP contribution in [-0.4, -0.2) is 26.4 Å². The van der Waals surface area contributed by atoms with E-state index in [4.69, 9.17) is 5.73 Å². The number of hydrogen-bond donors (Lipinski definition) is 1. The maximum Gasteiger partial charge on any atom is 0.234 e. The van der Waals surface area contributed by atoms with Crippen molar-refractivity contribution in [1.82, 2.24) is 19.8 Å². The lowest BCUT2D eigenvalue weighted by atomic mass is 10.2. The van der Waals surface area contributed by atoms with Crippen molar-refractivity contribution in [3.63, 3.8) is 0 Å². The highest BCUT2D eigenvalue weighted by Gasteiger charge is 2.15. The molecular weight excluding hydrogens is 253 g/mol. The Kier molecular flexibility index (Phi) is 2.77. The molecule has 0 bridgehead atoms. The van der Waals surface area contributed by atoms with Gasteiger partial charge in [-0.2, -0.15) is 9.61 Å². The molecule has 0 radical (unpaired) electrons. The number of nitrogens with zero attached hydrogens (tertiary/aromatic N) is 4. The second-order valence-corrected chi connectivity index (χ2v) is 4.77. The van der Waals surface area contributed by atoms with Gasteiger partial charge in [-0.3, -0.25) is 0 Å². The number of benzene rings is 1. The van der Waals surface area contributed by atoms with Crippen molar-refractivity contribution in [2.24, 2.45) is 5.73 Å². The average Bonchev–Trinajstić information content (AvgIpc) is 2.90. The lowest BCUT2D eigenvalue weighted by Gasteiger charge is -1.98. The smallest absolute Gasteiger partial charge is 0.234 e. The fourth-order valence-corrected chi connectivity index (χ4v) is 2.54. The number of fused-ring (bicyclic) bond motifs is 1. The quantitative estimate of drug-likeness (QED) is 0.777. The van der Waals surface area contributed by atoms with E-state index in [2.05, 4.69) is 15.3 Å². The van der Waals surface area contributed by atoms with Crippen LogP contribution in [0.5, 0.6) is 0 Å². The first-order valence-corrected chi connectivity index (χ1v) is 6.27. The van der Waals surface area contributed by atoms with Crippen LogP contribution in [0, 0.1) is 5.82 Å². The fourth-order valence-electron chi connectivity index (χ4n) is 1.69. The summed E-state index contributed by atoms with van der Waals surface area (Å²) in [5.41, 5.74) is 5.88. The van der Waals surface area contributed by atoms with Gasteiger partial charge < -0.3 is 5.73 Å². The third-order valence-corrected chi connectivity index (χ3v) is 3.46. The van der Waals surface area contributed by atoms with E-state index in [0.29, 0.717) is 29.3 Å². The zero-order valence-electron chi connectivity index (χ0n) is 9.38.